The van der Waals surface area contributed by atoms with Crippen LogP contribution in [0.25, 0.3) is 0 Å². The summed E-state index contributed by atoms with van der Waals surface area (Å²) in [7, 11) is 4.62. The second kappa shape index (κ2) is 22.2. The first kappa shape index (κ1) is 49.4. The lowest BCUT2D eigenvalue weighted by molar-refractivity contribution is -0.302. The third kappa shape index (κ3) is 12.0. The first-order chi connectivity index (χ1) is 28.4. The molecule has 4 aliphatic rings. The predicted molar refractivity (Wildman–Crippen MR) is 222 cm³/mol. The number of allylic oxidation sites excluding steroid dienone is 4. The van der Waals surface area contributed by atoms with Crippen molar-refractivity contribution in [3.8, 4) is 0 Å². The summed E-state index contributed by atoms with van der Waals surface area (Å²) in [5.74, 6) is -7.86. The first-order valence-electron chi connectivity index (χ1n) is 21.8. The number of aliphatic hydroxyl groups excluding tert-OH is 1. The third-order valence-electron chi connectivity index (χ3n) is 13.1. The summed E-state index contributed by atoms with van der Waals surface area (Å²) < 4.78 is 35.5. The fraction of sp³-hybridized carbons (Fsp3) is 0.761. The van der Waals surface area contributed by atoms with Crippen LogP contribution in [0.5, 0.6) is 0 Å². The fourth-order valence-corrected chi connectivity index (χ4v) is 9.78. The molecule has 0 aromatic rings. The van der Waals surface area contributed by atoms with E-state index in [-0.39, 0.29) is 61.4 Å². The summed E-state index contributed by atoms with van der Waals surface area (Å²) in [6, 6.07) is -1.16. The number of cyclic esters (lactones) is 1. The second-order valence-corrected chi connectivity index (χ2v) is 17.9. The van der Waals surface area contributed by atoms with Crippen LogP contribution >= 0.6 is 0 Å². The van der Waals surface area contributed by atoms with Gasteiger partial charge in [0.2, 0.25) is 5.79 Å². The molecule has 3 fully saturated rings. The Morgan fingerprint density at radius 2 is 1.58 bits per heavy atom. The zero-order valence-electron chi connectivity index (χ0n) is 37.3. The molecule has 0 spiro atoms. The summed E-state index contributed by atoms with van der Waals surface area (Å²) in [5.41, 5.74) is 1.15. The van der Waals surface area contributed by atoms with E-state index in [0.29, 0.717) is 62.5 Å². The Balaban J connectivity index is 1.77. The monoisotopic (exact) mass is 845 g/mol. The summed E-state index contributed by atoms with van der Waals surface area (Å²) in [6.45, 7) is 14.5. The van der Waals surface area contributed by atoms with Gasteiger partial charge in [0.05, 0.1) is 24.4 Å². The maximum atomic E-state index is 14.4. The first-order valence-corrected chi connectivity index (χ1v) is 21.8. The molecule has 14 heteroatoms. The average Bonchev–Trinajstić information content (AvgIpc) is 3.21. The van der Waals surface area contributed by atoms with Crippen molar-refractivity contribution in [1.29, 1.82) is 0 Å². The Labute approximate surface area is 356 Å². The number of carbonyl (C=O) groups is 5. The van der Waals surface area contributed by atoms with E-state index < -0.39 is 77.9 Å². The van der Waals surface area contributed by atoms with Gasteiger partial charge in [-0.05, 0) is 100 Å². The van der Waals surface area contributed by atoms with Gasteiger partial charge in [-0.3, -0.25) is 19.2 Å². The number of aliphatic hydroxyl groups is 2. The predicted octanol–water partition coefficient (Wildman–Crippen LogP) is 5.21. The van der Waals surface area contributed by atoms with Gasteiger partial charge in [0.25, 0.3) is 11.7 Å². The molecule has 1 saturated carbocycles. The Bertz CT molecular complexity index is 1590. The number of esters is 2. The van der Waals surface area contributed by atoms with Crippen molar-refractivity contribution in [1.82, 2.24) is 4.90 Å². The van der Waals surface area contributed by atoms with Crippen molar-refractivity contribution in [2.24, 2.45) is 29.6 Å². The number of methoxy groups -OCH3 is 3. The number of hydrogen-bond acceptors (Lipinski definition) is 13. The number of fused-ring (bicyclic) bond motifs is 3. The number of ether oxygens (including phenoxy) is 6. The van der Waals surface area contributed by atoms with Gasteiger partial charge in [0.1, 0.15) is 24.4 Å². The highest BCUT2D eigenvalue weighted by molar-refractivity contribution is 6.39. The van der Waals surface area contributed by atoms with E-state index in [1.807, 2.05) is 26.0 Å². The summed E-state index contributed by atoms with van der Waals surface area (Å²) >= 11 is 0. The van der Waals surface area contributed by atoms with Gasteiger partial charge in [0.15, 0.2) is 5.78 Å². The molecule has 0 aromatic heterocycles. The van der Waals surface area contributed by atoms with Crippen molar-refractivity contribution in [2.75, 3.05) is 27.9 Å². The van der Waals surface area contributed by atoms with Gasteiger partial charge in [0, 0.05) is 53.1 Å². The highest BCUT2D eigenvalue weighted by Gasteiger charge is 2.56. The molecule has 8 unspecified atom stereocenters. The Kier molecular flexibility index (Phi) is 18.3. The van der Waals surface area contributed by atoms with Gasteiger partial charge < -0.3 is 43.5 Å². The largest absolute Gasteiger partial charge is 0.460 e. The summed E-state index contributed by atoms with van der Waals surface area (Å²) in [5, 5.41) is 23.8. The lowest BCUT2D eigenvalue weighted by Crippen LogP contribution is -2.64. The van der Waals surface area contributed by atoms with E-state index >= 15 is 0 Å². The molecule has 1 aliphatic carbocycles. The smallest absolute Gasteiger partial charge is 0.329 e. The van der Waals surface area contributed by atoms with Crippen LogP contribution in [-0.4, -0.2) is 127 Å². The highest BCUT2D eigenvalue weighted by Crippen LogP contribution is 2.39. The maximum absolute atomic E-state index is 14.4. The maximum Gasteiger partial charge on any atom is 0.329 e. The standard InChI is InChI=1S/C46H71NO13/c1-11-14-33-20-26(2)19-27(3)21-39(56-9)42-40(57-10)23-29(5)46(54,60-42)43(51)44(52)47-18-13-12-15-34(47)45(53)59-41(30(6)35(49)25-36(33)50)28(4)22-32-16-17-37(58-31(7)48)38(24-32)55-8/h11,20,22,26-27,29-30,32,34-35,37-42,49,54H,1,12-19,21,23-25H2,2-10H3/t26?,27?,29-,30?,32+,34+,35?,37?,38-,39?,40+,41?,42?,46-/m1/s1. The summed E-state index contributed by atoms with van der Waals surface area (Å²) in [6.07, 6.45) is 4.89. The number of piperidine rings is 1. The number of Topliss-reactive ketones (excluding diaryl/α,β-unsaturated/α-hetero) is 2. The summed E-state index contributed by atoms with van der Waals surface area (Å²) in [4.78, 5) is 69.8. The van der Waals surface area contributed by atoms with Gasteiger partial charge in [-0.25, -0.2) is 4.79 Å². The van der Waals surface area contributed by atoms with Crippen LogP contribution in [0.2, 0.25) is 0 Å². The van der Waals surface area contributed by atoms with E-state index in [1.54, 1.807) is 34.0 Å². The van der Waals surface area contributed by atoms with Crippen molar-refractivity contribution in [3.63, 3.8) is 0 Å². The number of ketones is 2. The zero-order chi connectivity index (χ0) is 44.5. The molecular formula is C46H71NO13. The second-order valence-electron chi connectivity index (χ2n) is 17.9. The topological polar surface area (TPSA) is 184 Å². The molecule has 3 aliphatic heterocycles. The SMILES string of the molecule is C=CCC1=CC(C)CC(C)CC(OC)C2O[C@@](O)(C(=O)C(=O)N3CCCC[C@H]3C(=O)OC(C(C)=C[C@@H]3CCC(OC(C)=O)[C@H](OC)C3)C(C)C(O)CC1=O)[C@H](C)C[C@@H]2OC. The minimum atomic E-state index is -2.52. The van der Waals surface area contributed by atoms with E-state index in [0.717, 1.165) is 0 Å². The van der Waals surface area contributed by atoms with Crippen LogP contribution in [0.15, 0.2) is 36.0 Å². The molecule has 338 valence electrons. The van der Waals surface area contributed by atoms with Crippen molar-refractivity contribution in [2.45, 2.75) is 167 Å². The van der Waals surface area contributed by atoms with Crippen LogP contribution in [0.3, 0.4) is 0 Å². The van der Waals surface area contributed by atoms with Crippen molar-refractivity contribution in [3.05, 3.63) is 36.0 Å². The van der Waals surface area contributed by atoms with Crippen LogP contribution in [0.1, 0.15) is 112 Å². The molecule has 0 aromatic carbocycles. The average molecular weight is 846 g/mol. The lowest BCUT2D eigenvalue weighted by atomic mass is 9.81. The molecule has 1 amide bonds. The number of carbonyl (C=O) groups excluding carboxylic acids is 5. The van der Waals surface area contributed by atoms with E-state index in [2.05, 4.69) is 6.58 Å². The van der Waals surface area contributed by atoms with E-state index in [9.17, 15) is 34.2 Å². The normalized spacial score (nSPS) is 38.5. The minimum absolute atomic E-state index is 0.0237. The molecule has 4 rings (SSSR count). The fourth-order valence-electron chi connectivity index (χ4n) is 9.78. The minimum Gasteiger partial charge on any atom is -0.460 e. The number of rotatable bonds is 8. The Hall–Kier alpha value is -3.27. The van der Waals surface area contributed by atoms with Gasteiger partial charge >= 0.3 is 11.9 Å². The highest BCUT2D eigenvalue weighted by atomic mass is 16.7. The lowest BCUT2D eigenvalue weighted by Gasteiger charge is -2.47. The van der Waals surface area contributed by atoms with E-state index in [4.69, 9.17) is 28.4 Å². The molecule has 2 bridgehead atoms. The molecule has 3 heterocycles. The molecule has 14 atom stereocenters. The number of nitrogens with zero attached hydrogens (tertiary/aromatic N) is 1. The number of hydrogen-bond donors (Lipinski definition) is 2. The molecule has 14 nitrogen and oxygen atoms in total. The third-order valence-corrected chi connectivity index (χ3v) is 13.1. The van der Waals surface area contributed by atoms with Gasteiger partial charge in [-0.15, -0.1) is 6.58 Å². The molecule has 60 heavy (non-hydrogen) atoms. The van der Waals surface area contributed by atoms with Crippen LogP contribution in [0, 0.1) is 29.6 Å². The van der Waals surface area contributed by atoms with Gasteiger partial charge in [-0.1, -0.05) is 45.9 Å². The van der Waals surface area contributed by atoms with Gasteiger partial charge in [-0.2, -0.15) is 0 Å². The molecular weight excluding hydrogens is 774 g/mol. The molecule has 2 saturated heterocycles. The molecule has 0 radical (unpaired) electrons. The van der Waals surface area contributed by atoms with Crippen LogP contribution in [0.4, 0.5) is 0 Å². The van der Waals surface area contributed by atoms with Crippen molar-refractivity contribution < 1.29 is 62.6 Å². The van der Waals surface area contributed by atoms with Crippen molar-refractivity contribution >= 4 is 29.4 Å². The number of amides is 1. The van der Waals surface area contributed by atoms with E-state index in [1.165, 1.54) is 26.0 Å². The Morgan fingerprint density at radius 3 is 2.22 bits per heavy atom. The quantitative estimate of drug-likeness (QED) is 0.185. The van der Waals surface area contributed by atoms with Crippen LogP contribution in [-0.2, 0) is 52.4 Å². The Morgan fingerprint density at radius 1 is 0.917 bits per heavy atom. The molecule has 2 N–H and O–H groups in total. The van der Waals surface area contributed by atoms with Crippen LogP contribution < -0.4 is 0 Å². The zero-order valence-corrected chi connectivity index (χ0v) is 37.3.